The van der Waals surface area contributed by atoms with Gasteiger partial charge in [-0.05, 0) is 54.8 Å². The van der Waals surface area contributed by atoms with Crippen LogP contribution in [0.25, 0.3) is 11.0 Å². The molecule has 3 amide bonds. The highest BCUT2D eigenvalue weighted by Crippen LogP contribution is 2.35. The van der Waals surface area contributed by atoms with Crippen LogP contribution in [-0.2, 0) is 37.9 Å². The smallest absolute Gasteiger partial charge is 0.269 e. The number of para-hydroxylation sites is 2. The normalized spacial score (nSPS) is 18.5. The average Bonchev–Trinajstić information content (AvgIpc) is 3.85. The highest BCUT2D eigenvalue weighted by Gasteiger charge is 2.44. The Morgan fingerprint density at radius 3 is 2.63 bits per heavy atom. The molecule has 1 aromatic heterocycles. The first kappa shape index (κ1) is 29.7. The molecule has 7 rings (SSSR count). The third-order valence-corrected chi connectivity index (χ3v) is 10.2. The van der Waals surface area contributed by atoms with Crippen LogP contribution in [0.2, 0.25) is 0 Å². The molecule has 0 radical (unpaired) electrons. The Bertz CT molecular complexity index is 1970. The molecule has 46 heavy (non-hydrogen) atoms. The lowest BCUT2D eigenvalue weighted by Gasteiger charge is -2.32. The van der Waals surface area contributed by atoms with Gasteiger partial charge in [0.2, 0.25) is 12.7 Å². The summed E-state index contributed by atoms with van der Waals surface area (Å²) in [5.74, 6) is -0.837. The number of carbonyl (C=O) groups is 3. The predicted octanol–water partition coefficient (Wildman–Crippen LogP) is 2.51. The van der Waals surface area contributed by atoms with Gasteiger partial charge in [-0.1, -0.05) is 30.3 Å². The molecular formula is C32H31N5O8S. The molecular weight excluding hydrogens is 614 g/mol. The summed E-state index contributed by atoms with van der Waals surface area (Å²) in [7, 11) is -2.55. The molecule has 4 aromatic rings. The monoisotopic (exact) mass is 645 g/mol. The number of nitrogens with one attached hydrogen (secondary N) is 1. The van der Waals surface area contributed by atoms with E-state index in [2.05, 4.69) is 5.32 Å². The number of aromatic nitrogens is 2. The van der Waals surface area contributed by atoms with E-state index < -0.39 is 40.3 Å². The molecule has 0 spiro atoms. The number of hydrogen-bond acceptors (Lipinski definition) is 9. The molecule has 1 saturated heterocycles. The van der Waals surface area contributed by atoms with Gasteiger partial charge < -0.3 is 29.0 Å². The lowest BCUT2D eigenvalue weighted by atomic mass is 10.1. The summed E-state index contributed by atoms with van der Waals surface area (Å²) in [4.78, 5) is 47.7. The first-order valence-electron chi connectivity index (χ1n) is 14.9. The number of hydrogen-bond donors (Lipinski definition) is 1. The fourth-order valence-corrected chi connectivity index (χ4v) is 7.60. The molecule has 3 aliphatic rings. The minimum absolute atomic E-state index is 0.0150. The van der Waals surface area contributed by atoms with Gasteiger partial charge in [0.15, 0.2) is 17.5 Å². The van der Waals surface area contributed by atoms with Crippen LogP contribution in [0.3, 0.4) is 0 Å². The van der Waals surface area contributed by atoms with Gasteiger partial charge in [-0.2, -0.15) is 0 Å². The van der Waals surface area contributed by atoms with Crippen molar-refractivity contribution in [3.8, 4) is 11.5 Å². The van der Waals surface area contributed by atoms with Crippen molar-refractivity contribution in [2.45, 2.75) is 36.4 Å². The zero-order valence-electron chi connectivity index (χ0n) is 24.9. The minimum atomic E-state index is -4.30. The lowest BCUT2D eigenvalue weighted by molar-refractivity contribution is -0.142. The Hall–Kier alpha value is -4.95. The summed E-state index contributed by atoms with van der Waals surface area (Å²) in [6.45, 7) is -0.0829. The number of sulfonamides is 1. The van der Waals surface area contributed by atoms with Gasteiger partial charge in [0.25, 0.3) is 21.8 Å². The van der Waals surface area contributed by atoms with Gasteiger partial charge in [0.1, 0.15) is 17.3 Å². The second kappa shape index (κ2) is 11.8. The predicted molar refractivity (Wildman–Crippen MR) is 163 cm³/mol. The van der Waals surface area contributed by atoms with Crippen LogP contribution in [0.4, 0.5) is 0 Å². The zero-order valence-corrected chi connectivity index (χ0v) is 25.7. The van der Waals surface area contributed by atoms with E-state index in [1.165, 1.54) is 23.1 Å². The van der Waals surface area contributed by atoms with Crippen molar-refractivity contribution in [3.05, 3.63) is 83.7 Å². The third-order valence-electron chi connectivity index (χ3n) is 8.46. The maximum Gasteiger partial charge on any atom is 0.269 e. The largest absolute Gasteiger partial charge is 0.454 e. The fourth-order valence-electron chi connectivity index (χ4n) is 6.08. The van der Waals surface area contributed by atoms with Gasteiger partial charge in [-0.15, -0.1) is 0 Å². The maximum absolute atomic E-state index is 14.4. The van der Waals surface area contributed by atoms with Crippen molar-refractivity contribution >= 4 is 38.8 Å². The SMILES string of the molecule is Cn1c(C(C(=O)NCC2CCCO2)N(Cc2ccc3c(c2)OCO3)C(=O)CN2C(=O)c3ccccc3S2(=O)=O)nc2ccccc21. The topological polar surface area (TPSA) is 149 Å². The van der Waals surface area contributed by atoms with Gasteiger partial charge in [-0.25, -0.2) is 17.7 Å². The Labute approximate surface area is 264 Å². The number of nitrogens with zero attached hydrogens (tertiary/aromatic N) is 4. The molecule has 2 unspecified atom stereocenters. The molecule has 238 valence electrons. The van der Waals surface area contributed by atoms with E-state index in [1.807, 2.05) is 18.2 Å². The average molecular weight is 646 g/mol. The van der Waals surface area contributed by atoms with Crippen LogP contribution >= 0.6 is 0 Å². The lowest BCUT2D eigenvalue weighted by Crippen LogP contribution is -2.49. The van der Waals surface area contributed by atoms with Gasteiger partial charge in [0, 0.05) is 26.7 Å². The first-order chi connectivity index (χ1) is 22.2. The molecule has 14 heteroatoms. The summed E-state index contributed by atoms with van der Waals surface area (Å²) in [6.07, 6.45) is 1.49. The molecule has 13 nitrogen and oxygen atoms in total. The highest BCUT2D eigenvalue weighted by atomic mass is 32.2. The maximum atomic E-state index is 14.4. The van der Waals surface area contributed by atoms with E-state index >= 15 is 0 Å². The molecule has 0 bridgehead atoms. The van der Waals surface area contributed by atoms with Crippen molar-refractivity contribution in [1.82, 2.24) is 24.1 Å². The number of ether oxygens (including phenoxy) is 3. The number of amides is 3. The Kier molecular flexibility index (Phi) is 7.61. The number of aryl methyl sites for hydroxylation is 1. The van der Waals surface area contributed by atoms with E-state index in [4.69, 9.17) is 19.2 Å². The van der Waals surface area contributed by atoms with Crippen molar-refractivity contribution in [2.24, 2.45) is 7.05 Å². The minimum Gasteiger partial charge on any atom is -0.454 e. The molecule has 3 aliphatic heterocycles. The molecule has 1 N–H and O–H groups in total. The summed E-state index contributed by atoms with van der Waals surface area (Å²) < 4.78 is 45.8. The van der Waals surface area contributed by atoms with E-state index in [-0.39, 0.29) is 42.3 Å². The standard InChI is InChI=1S/C32H31N5O8S/c1-35-24-10-4-3-9-23(24)34-30(35)29(31(39)33-16-21-7-6-14-43-21)36(17-20-12-13-25-26(15-20)45-19-44-25)28(38)18-37-32(40)22-8-2-5-11-27(22)46(37,41)42/h2-5,8-13,15,21,29H,6-7,14,16-19H2,1H3,(H,33,39). The summed E-state index contributed by atoms with van der Waals surface area (Å²) >= 11 is 0. The Morgan fingerprint density at radius 1 is 1.07 bits per heavy atom. The molecule has 0 saturated carbocycles. The Balaban J connectivity index is 1.30. The summed E-state index contributed by atoms with van der Waals surface area (Å²) in [5.41, 5.74) is 1.92. The number of fused-ring (bicyclic) bond motifs is 3. The molecule has 1 fully saturated rings. The van der Waals surface area contributed by atoms with Crippen LogP contribution in [0, 0.1) is 0 Å². The highest BCUT2D eigenvalue weighted by molar-refractivity contribution is 7.90. The Morgan fingerprint density at radius 2 is 1.85 bits per heavy atom. The number of benzene rings is 3. The molecule has 0 aliphatic carbocycles. The van der Waals surface area contributed by atoms with Gasteiger partial charge in [0.05, 0.1) is 22.7 Å². The quantitative estimate of drug-likeness (QED) is 0.290. The fraction of sp³-hybridized carbons (Fsp3) is 0.312. The van der Waals surface area contributed by atoms with Crippen LogP contribution in [-0.4, -0.2) is 77.5 Å². The van der Waals surface area contributed by atoms with Crippen molar-refractivity contribution in [1.29, 1.82) is 0 Å². The van der Waals surface area contributed by atoms with E-state index in [9.17, 15) is 22.8 Å². The van der Waals surface area contributed by atoms with Gasteiger partial charge in [-0.3, -0.25) is 14.4 Å². The van der Waals surface area contributed by atoms with Crippen LogP contribution < -0.4 is 14.8 Å². The molecule has 4 heterocycles. The van der Waals surface area contributed by atoms with Crippen molar-refractivity contribution < 1.29 is 37.0 Å². The second-order valence-electron chi connectivity index (χ2n) is 11.3. The van der Waals surface area contributed by atoms with E-state index in [0.717, 1.165) is 18.4 Å². The third kappa shape index (κ3) is 5.22. The first-order valence-corrected chi connectivity index (χ1v) is 16.3. The number of carbonyl (C=O) groups excluding carboxylic acids is 3. The number of imidazole rings is 1. The van der Waals surface area contributed by atoms with Crippen molar-refractivity contribution in [2.75, 3.05) is 26.5 Å². The zero-order chi connectivity index (χ0) is 32.0. The van der Waals surface area contributed by atoms with Crippen LogP contribution in [0.5, 0.6) is 11.5 Å². The van der Waals surface area contributed by atoms with E-state index in [1.54, 1.807) is 41.9 Å². The molecule has 2 atom stereocenters. The summed E-state index contributed by atoms with van der Waals surface area (Å²) in [6, 6.07) is 17.0. The number of rotatable bonds is 9. The van der Waals surface area contributed by atoms with Gasteiger partial charge >= 0.3 is 0 Å². The molecule has 3 aromatic carbocycles. The summed E-state index contributed by atoms with van der Waals surface area (Å²) in [5, 5.41) is 2.94. The second-order valence-corrected chi connectivity index (χ2v) is 13.2. The van der Waals surface area contributed by atoms with E-state index in [0.29, 0.717) is 33.5 Å². The van der Waals surface area contributed by atoms with Crippen LogP contribution in [0.1, 0.15) is 40.6 Å². The van der Waals surface area contributed by atoms with Crippen LogP contribution in [0.15, 0.2) is 71.6 Å². The van der Waals surface area contributed by atoms with Crippen molar-refractivity contribution in [3.63, 3.8) is 0 Å².